The molecule has 0 unspecified atom stereocenters. The van der Waals surface area contributed by atoms with Gasteiger partial charge in [-0.2, -0.15) is 0 Å². The summed E-state index contributed by atoms with van der Waals surface area (Å²) in [6.45, 7) is 2.47. The molecule has 4 nitrogen and oxygen atoms in total. The van der Waals surface area contributed by atoms with Crippen molar-refractivity contribution in [3.8, 4) is 0 Å². The molecule has 0 heterocycles. The number of benzene rings is 3. The van der Waals surface area contributed by atoms with E-state index in [1.54, 1.807) is 4.90 Å². The number of amides is 2. The molecule has 1 atom stereocenters. The van der Waals surface area contributed by atoms with Crippen molar-refractivity contribution in [3.05, 3.63) is 106 Å². The van der Waals surface area contributed by atoms with Crippen LogP contribution in [0.15, 0.2) is 78.9 Å². The summed E-state index contributed by atoms with van der Waals surface area (Å²) in [7, 11) is 0. The summed E-state index contributed by atoms with van der Waals surface area (Å²) in [6.07, 6.45) is 7.93. The Bertz CT molecular complexity index is 1170. The molecule has 0 bridgehead atoms. The van der Waals surface area contributed by atoms with Gasteiger partial charge in [-0.25, -0.2) is 0 Å². The highest BCUT2D eigenvalue weighted by molar-refractivity contribution is 6.30. The van der Waals surface area contributed by atoms with E-state index in [0.717, 1.165) is 48.8 Å². The van der Waals surface area contributed by atoms with Gasteiger partial charge in [0.1, 0.15) is 6.04 Å². The van der Waals surface area contributed by atoms with Gasteiger partial charge in [-0.1, -0.05) is 105 Å². The van der Waals surface area contributed by atoms with Gasteiger partial charge < -0.3 is 10.2 Å². The maximum Gasteiger partial charge on any atom is 0.243 e. The molecule has 200 valence electrons. The Morgan fingerprint density at radius 2 is 1.55 bits per heavy atom. The summed E-state index contributed by atoms with van der Waals surface area (Å²) in [4.78, 5) is 29.5. The van der Waals surface area contributed by atoms with Crippen molar-refractivity contribution < 1.29 is 9.59 Å². The fraction of sp³-hybridized carbons (Fsp3) is 0.394. The molecule has 2 amide bonds. The molecule has 1 aliphatic carbocycles. The third kappa shape index (κ3) is 8.19. The minimum Gasteiger partial charge on any atom is -0.352 e. The van der Waals surface area contributed by atoms with Crippen molar-refractivity contribution in [2.24, 2.45) is 0 Å². The lowest BCUT2D eigenvalue weighted by molar-refractivity contribution is -0.141. The van der Waals surface area contributed by atoms with Crippen molar-refractivity contribution in [2.45, 2.75) is 83.3 Å². The largest absolute Gasteiger partial charge is 0.352 e. The summed E-state index contributed by atoms with van der Waals surface area (Å²) in [5.41, 5.74) is 4.37. The van der Waals surface area contributed by atoms with Gasteiger partial charge in [0, 0.05) is 30.5 Å². The van der Waals surface area contributed by atoms with Gasteiger partial charge in [0.2, 0.25) is 11.8 Å². The van der Waals surface area contributed by atoms with Crippen LogP contribution in [0.3, 0.4) is 0 Å². The van der Waals surface area contributed by atoms with Crippen LogP contribution in [0.2, 0.25) is 5.02 Å². The number of hydrogen-bond acceptors (Lipinski definition) is 2. The molecule has 0 radical (unpaired) electrons. The smallest absolute Gasteiger partial charge is 0.243 e. The number of carbonyl (C=O) groups is 2. The van der Waals surface area contributed by atoms with Gasteiger partial charge in [-0.3, -0.25) is 9.59 Å². The first kappa shape index (κ1) is 27.9. The highest BCUT2D eigenvalue weighted by Gasteiger charge is 2.31. The van der Waals surface area contributed by atoms with Gasteiger partial charge in [-0.05, 0) is 60.1 Å². The maximum absolute atomic E-state index is 13.9. The van der Waals surface area contributed by atoms with E-state index in [1.165, 1.54) is 12.0 Å². The molecule has 38 heavy (non-hydrogen) atoms. The van der Waals surface area contributed by atoms with Crippen molar-refractivity contribution in [3.63, 3.8) is 0 Å². The first-order chi connectivity index (χ1) is 18.5. The number of nitrogens with zero attached hydrogens (tertiary/aromatic N) is 1. The van der Waals surface area contributed by atoms with Crippen molar-refractivity contribution in [2.75, 3.05) is 0 Å². The molecule has 5 heteroatoms. The van der Waals surface area contributed by atoms with Crippen LogP contribution in [0.4, 0.5) is 0 Å². The van der Waals surface area contributed by atoms with Crippen LogP contribution in [0, 0.1) is 0 Å². The van der Waals surface area contributed by atoms with Gasteiger partial charge in [-0.15, -0.1) is 0 Å². The molecule has 0 spiro atoms. The standard InChI is InChI=1S/C33H39ClN2O2/c1-2-25-16-18-26(19-17-25)20-21-32(37)36(24-28-12-9-13-29(34)22-28)31(23-27-10-5-3-6-11-27)33(38)35-30-14-7-4-8-15-30/h3,5-6,9-13,16-19,22,30-31H,2,4,7-8,14-15,20-21,23-24H2,1H3,(H,35,38)/t31-/m1/s1. The molecule has 1 fully saturated rings. The van der Waals surface area contributed by atoms with Gasteiger partial charge >= 0.3 is 0 Å². The Morgan fingerprint density at radius 3 is 2.24 bits per heavy atom. The van der Waals surface area contributed by atoms with Crippen molar-refractivity contribution >= 4 is 23.4 Å². The second kappa shape index (κ2) is 14.2. The highest BCUT2D eigenvalue weighted by Crippen LogP contribution is 2.21. The zero-order chi connectivity index (χ0) is 26.7. The summed E-state index contributed by atoms with van der Waals surface area (Å²) in [5.74, 6) is -0.0901. The SMILES string of the molecule is CCc1ccc(CCC(=O)N(Cc2cccc(Cl)c2)[C@H](Cc2ccccc2)C(=O)NC2CCCCC2)cc1. The first-order valence-electron chi connectivity index (χ1n) is 14.0. The predicted molar refractivity (Wildman–Crippen MR) is 155 cm³/mol. The molecule has 0 aliphatic heterocycles. The fourth-order valence-electron chi connectivity index (χ4n) is 5.27. The number of hydrogen-bond donors (Lipinski definition) is 1. The predicted octanol–water partition coefficient (Wildman–Crippen LogP) is 6.92. The normalized spacial score (nSPS) is 14.6. The molecule has 3 aromatic carbocycles. The number of aryl methyl sites for hydroxylation is 2. The Balaban J connectivity index is 1.59. The van der Waals surface area contributed by atoms with Crippen molar-refractivity contribution in [1.82, 2.24) is 10.2 Å². The summed E-state index contributed by atoms with van der Waals surface area (Å²) in [6, 6.07) is 25.6. The fourth-order valence-corrected chi connectivity index (χ4v) is 5.48. The minimum atomic E-state index is -0.603. The lowest BCUT2D eigenvalue weighted by atomic mass is 9.94. The summed E-state index contributed by atoms with van der Waals surface area (Å²) in [5, 5.41) is 3.92. The maximum atomic E-state index is 13.9. The third-order valence-electron chi connectivity index (χ3n) is 7.52. The summed E-state index contributed by atoms with van der Waals surface area (Å²) < 4.78 is 0. The monoisotopic (exact) mass is 530 g/mol. The molecule has 0 saturated heterocycles. The summed E-state index contributed by atoms with van der Waals surface area (Å²) >= 11 is 6.29. The van der Waals surface area contributed by atoms with Crippen LogP contribution in [-0.2, 0) is 35.4 Å². The van der Waals surface area contributed by atoms with Gasteiger partial charge in [0.15, 0.2) is 0 Å². The Kier molecular flexibility index (Phi) is 10.4. The van der Waals surface area contributed by atoms with E-state index in [2.05, 4.69) is 36.5 Å². The highest BCUT2D eigenvalue weighted by atomic mass is 35.5. The van der Waals surface area contributed by atoms with E-state index in [0.29, 0.717) is 30.8 Å². The molecular formula is C33H39ClN2O2. The molecule has 1 N–H and O–H groups in total. The van der Waals surface area contributed by atoms with Crippen LogP contribution in [0.1, 0.15) is 67.7 Å². The molecule has 1 aliphatic rings. The first-order valence-corrected chi connectivity index (χ1v) is 14.4. The Morgan fingerprint density at radius 1 is 0.868 bits per heavy atom. The number of carbonyl (C=O) groups excluding carboxylic acids is 2. The van der Waals surface area contributed by atoms with Crippen LogP contribution < -0.4 is 5.32 Å². The third-order valence-corrected chi connectivity index (χ3v) is 7.76. The van der Waals surface area contributed by atoms with E-state index in [1.807, 2.05) is 54.6 Å². The minimum absolute atomic E-state index is 0.0238. The lowest BCUT2D eigenvalue weighted by Gasteiger charge is -2.33. The average molecular weight is 531 g/mol. The van der Waals surface area contributed by atoms with E-state index < -0.39 is 6.04 Å². The van der Waals surface area contributed by atoms with E-state index in [9.17, 15) is 9.59 Å². The quantitative estimate of drug-likeness (QED) is 0.292. The zero-order valence-electron chi connectivity index (χ0n) is 22.4. The van der Waals surface area contributed by atoms with Crippen LogP contribution >= 0.6 is 11.6 Å². The number of halogens is 1. The topological polar surface area (TPSA) is 49.4 Å². The Hall–Kier alpha value is -3.11. The van der Waals surface area contributed by atoms with Crippen LogP contribution in [0.5, 0.6) is 0 Å². The molecule has 0 aromatic heterocycles. The van der Waals surface area contributed by atoms with Crippen LogP contribution in [-0.4, -0.2) is 28.8 Å². The molecule has 4 rings (SSSR count). The second-order valence-electron chi connectivity index (χ2n) is 10.4. The molecular weight excluding hydrogens is 492 g/mol. The molecule has 3 aromatic rings. The lowest BCUT2D eigenvalue weighted by Crippen LogP contribution is -2.52. The number of nitrogens with one attached hydrogen (secondary N) is 1. The van der Waals surface area contributed by atoms with Crippen LogP contribution in [0.25, 0.3) is 0 Å². The van der Waals surface area contributed by atoms with Gasteiger partial charge in [0.25, 0.3) is 0 Å². The van der Waals surface area contributed by atoms with E-state index in [4.69, 9.17) is 11.6 Å². The van der Waals surface area contributed by atoms with E-state index >= 15 is 0 Å². The van der Waals surface area contributed by atoms with Gasteiger partial charge in [0.05, 0.1) is 0 Å². The average Bonchev–Trinajstić information content (AvgIpc) is 2.95. The van der Waals surface area contributed by atoms with Crippen molar-refractivity contribution in [1.29, 1.82) is 0 Å². The number of rotatable bonds is 11. The molecule has 1 saturated carbocycles. The second-order valence-corrected chi connectivity index (χ2v) is 10.8. The van der Waals surface area contributed by atoms with E-state index in [-0.39, 0.29) is 17.9 Å². The Labute approximate surface area is 232 Å². The zero-order valence-corrected chi connectivity index (χ0v) is 23.1.